The fourth-order valence-corrected chi connectivity index (χ4v) is 1.98. The van der Waals surface area contributed by atoms with Gasteiger partial charge in [-0.1, -0.05) is 24.3 Å². The van der Waals surface area contributed by atoms with E-state index in [0.29, 0.717) is 19.7 Å². The van der Waals surface area contributed by atoms with E-state index in [1.165, 1.54) is 5.56 Å². The van der Waals surface area contributed by atoms with Gasteiger partial charge in [-0.25, -0.2) is 4.79 Å². The first-order valence-electron chi connectivity index (χ1n) is 5.76. The average molecular weight is 234 g/mol. The Bertz CT molecular complexity index is 433. The van der Waals surface area contributed by atoms with Gasteiger partial charge in [-0.2, -0.15) is 0 Å². The number of benzene rings is 1. The zero-order valence-corrected chi connectivity index (χ0v) is 10.3. The van der Waals surface area contributed by atoms with Crippen molar-refractivity contribution in [1.82, 2.24) is 4.90 Å². The molecule has 1 saturated heterocycles. The minimum absolute atomic E-state index is 0.277. The second-order valence-corrected chi connectivity index (χ2v) is 4.77. The molecule has 1 aromatic carbocycles. The van der Waals surface area contributed by atoms with E-state index in [2.05, 4.69) is 0 Å². The van der Waals surface area contributed by atoms with Gasteiger partial charge in [0.15, 0.2) is 0 Å². The topological polar surface area (TPSA) is 55.6 Å². The Morgan fingerprint density at radius 1 is 1.47 bits per heavy atom. The quantitative estimate of drug-likeness (QED) is 0.865. The van der Waals surface area contributed by atoms with E-state index < -0.39 is 0 Å². The molecule has 92 valence electrons. The normalized spacial score (nSPS) is 23.9. The van der Waals surface area contributed by atoms with Crippen LogP contribution in [0, 0.1) is 6.92 Å². The van der Waals surface area contributed by atoms with E-state index in [9.17, 15) is 4.79 Å². The number of nitrogens with zero attached hydrogens (tertiary/aromatic N) is 1. The first kappa shape index (κ1) is 11.9. The molecular formula is C13H18N2O2. The monoisotopic (exact) mass is 234 g/mol. The summed E-state index contributed by atoms with van der Waals surface area (Å²) in [5.74, 6) is 0. The molecule has 2 N–H and O–H groups in total. The minimum Gasteiger partial charge on any atom is -0.447 e. The summed E-state index contributed by atoms with van der Waals surface area (Å²) in [6.07, 6.45) is -0.277. The molecule has 4 heteroatoms. The van der Waals surface area contributed by atoms with Crippen molar-refractivity contribution in [3.63, 3.8) is 0 Å². The molecule has 0 saturated carbocycles. The molecule has 0 aliphatic carbocycles. The van der Waals surface area contributed by atoms with Crippen molar-refractivity contribution in [2.24, 2.45) is 5.73 Å². The van der Waals surface area contributed by atoms with E-state index >= 15 is 0 Å². The molecule has 0 radical (unpaired) electrons. The van der Waals surface area contributed by atoms with Gasteiger partial charge in [-0.05, 0) is 25.0 Å². The van der Waals surface area contributed by atoms with Crippen LogP contribution in [0.4, 0.5) is 4.79 Å². The number of hydrogen-bond acceptors (Lipinski definition) is 3. The summed E-state index contributed by atoms with van der Waals surface area (Å²) >= 11 is 0. The van der Waals surface area contributed by atoms with Crippen molar-refractivity contribution >= 4 is 6.09 Å². The lowest BCUT2D eigenvalue weighted by Gasteiger charge is -2.30. The van der Waals surface area contributed by atoms with E-state index in [1.807, 2.05) is 38.1 Å². The molecular weight excluding hydrogens is 216 g/mol. The smallest absolute Gasteiger partial charge is 0.410 e. The van der Waals surface area contributed by atoms with E-state index in [0.717, 1.165) is 5.56 Å². The van der Waals surface area contributed by atoms with Gasteiger partial charge in [0.2, 0.25) is 0 Å². The van der Waals surface area contributed by atoms with Crippen LogP contribution in [-0.2, 0) is 11.3 Å². The summed E-state index contributed by atoms with van der Waals surface area (Å²) in [5, 5.41) is 0. The van der Waals surface area contributed by atoms with Gasteiger partial charge in [0.05, 0.1) is 12.1 Å². The molecule has 1 atom stereocenters. The van der Waals surface area contributed by atoms with Crippen molar-refractivity contribution in [3.05, 3.63) is 35.4 Å². The molecule has 0 spiro atoms. The molecule has 17 heavy (non-hydrogen) atoms. The second-order valence-electron chi connectivity index (χ2n) is 4.77. The summed E-state index contributed by atoms with van der Waals surface area (Å²) in [4.78, 5) is 13.4. The maximum absolute atomic E-state index is 11.7. The number of hydrogen-bond donors (Lipinski definition) is 1. The highest BCUT2D eigenvalue weighted by atomic mass is 16.6. The molecule has 4 nitrogen and oxygen atoms in total. The van der Waals surface area contributed by atoms with Crippen LogP contribution in [0.1, 0.15) is 18.1 Å². The molecule has 1 aliphatic heterocycles. The minimum atomic E-state index is -0.390. The SMILES string of the molecule is Cc1ccccc1CN1C(=O)OCC1(C)CN. The number of rotatable bonds is 3. The molecule has 1 fully saturated rings. The molecule has 1 heterocycles. The first-order chi connectivity index (χ1) is 8.07. The fourth-order valence-electron chi connectivity index (χ4n) is 1.98. The highest BCUT2D eigenvalue weighted by Crippen LogP contribution is 2.26. The third-order valence-corrected chi connectivity index (χ3v) is 3.41. The fraction of sp³-hybridized carbons (Fsp3) is 0.462. The van der Waals surface area contributed by atoms with Crippen molar-refractivity contribution < 1.29 is 9.53 Å². The van der Waals surface area contributed by atoms with E-state index in [1.54, 1.807) is 4.90 Å². The van der Waals surface area contributed by atoms with Crippen molar-refractivity contribution in [3.8, 4) is 0 Å². The van der Waals surface area contributed by atoms with Gasteiger partial charge in [0.1, 0.15) is 6.61 Å². The van der Waals surface area contributed by atoms with Gasteiger partial charge in [0, 0.05) is 6.54 Å². The third-order valence-electron chi connectivity index (χ3n) is 3.41. The lowest BCUT2D eigenvalue weighted by Crippen LogP contribution is -2.49. The summed E-state index contributed by atoms with van der Waals surface area (Å²) in [6.45, 7) is 5.32. The standard InChI is InChI=1S/C13H18N2O2/c1-10-5-3-4-6-11(10)7-15-12(16)17-9-13(15,2)8-14/h3-6H,7-9,14H2,1-2H3. The lowest BCUT2D eigenvalue weighted by molar-refractivity contribution is 0.151. The number of ether oxygens (including phenoxy) is 1. The Labute approximate surface area is 101 Å². The van der Waals surface area contributed by atoms with E-state index in [4.69, 9.17) is 10.5 Å². The Kier molecular flexibility index (Phi) is 3.07. The van der Waals surface area contributed by atoms with Crippen LogP contribution in [0.3, 0.4) is 0 Å². The Morgan fingerprint density at radius 2 is 2.18 bits per heavy atom. The maximum atomic E-state index is 11.7. The number of carbonyl (C=O) groups is 1. The number of cyclic esters (lactones) is 1. The molecule has 1 amide bonds. The lowest BCUT2D eigenvalue weighted by atomic mass is 10.0. The second kappa shape index (κ2) is 4.37. The van der Waals surface area contributed by atoms with Crippen LogP contribution >= 0.6 is 0 Å². The first-order valence-corrected chi connectivity index (χ1v) is 5.76. The average Bonchev–Trinajstić information content (AvgIpc) is 2.61. The summed E-state index contributed by atoms with van der Waals surface area (Å²) in [7, 11) is 0. The Balaban J connectivity index is 2.23. The molecule has 2 rings (SSSR count). The molecule has 1 aromatic rings. The molecule has 0 bridgehead atoms. The van der Waals surface area contributed by atoms with Gasteiger partial charge in [-0.3, -0.25) is 4.90 Å². The summed E-state index contributed by atoms with van der Waals surface area (Å²) in [6, 6.07) is 8.03. The van der Waals surface area contributed by atoms with Crippen LogP contribution in [-0.4, -0.2) is 29.7 Å². The molecule has 1 aliphatic rings. The highest BCUT2D eigenvalue weighted by Gasteiger charge is 2.42. The molecule has 0 aromatic heterocycles. The predicted octanol–water partition coefficient (Wildman–Crippen LogP) is 1.66. The molecule has 1 unspecified atom stereocenters. The van der Waals surface area contributed by atoms with Crippen molar-refractivity contribution in [2.75, 3.05) is 13.2 Å². The third kappa shape index (κ3) is 2.13. The number of carbonyl (C=O) groups excluding carboxylic acids is 1. The zero-order valence-electron chi connectivity index (χ0n) is 10.3. The Hall–Kier alpha value is -1.55. The van der Waals surface area contributed by atoms with Crippen LogP contribution in [0.2, 0.25) is 0 Å². The van der Waals surface area contributed by atoms with Crippen molar-refractivity contribution in [2.45, 2.75) is 25.9 Å². The Morgan fingerprint density at radius 3 is 2.82 bits per heavy atom. The number of amides is 1. The summed E-state index contributed by atoms with van der Waals surface area (Å²) < 4.78 is 5.09. The van der Waals surface area contributed by atoms with Crippen LogP contribution in [0.25, 0.3) is 0 Å². The number of aryl methyl sites for hydroxylation is 1. The predicted molar refractivity (Wildman–Crippen MR) is 65.5 cm³/mol. The van der Waals surface area contributed by atoms with Gasteiger partial charge < -0.3 is 10.5 Å². The van der Waals surface area contributed by atoms with Gasteiger partial charge >= 0.3 is 6.09 Å². The van der Waals surface area contributed by atoms with Gasteiger partial charge in [-0.15, -0.1) is 0 Å². The van der Waals surface area contributed by atoms with Crippen LogP contribution in [0.15, 0.2) is 24.3 Å². The van der Waals surface area contributed by atoms with Gasteiger partial charge in [0.25, 0.3) is 0 Å². The number of nitrogens with two attached hydrogens (primary N) is 1. The maximum Gasteiger partial charge on any atom is 0.410 e. The van der Waals surface area contributed by atoms with Crippen molar-refractivity contribution in [1.29, 1.82) is 0 Å². The van der Waals surface area contributed by atoms with Crippen LogP contribution in [0.5, 0.6) is 0 Å². The van der Waals surface area contributed by atoms with E-state index in [-0.39, 0.29) is 11.6 Å². The highest BCUT2D eigenvalue weighted by molar-refractivity contribution is 5.71. The largest absolute Gasteiger partial charge is 0.447 e. The van der Waals surface area contributed by atoms with Crippen LogP contribution < -0.4 is 5.73 Å². The zero-order chi connectivity index (χ0) is 12.5. The summed E-state index contributed by atoms with van der Waals surface area (Å²) in [5.41, 5.74) is 7.65.